The summed E-state index contributed by atoms with van der Waals surface area (Å²) in [6.45, 7) is 1.55. The van der Waals surface area contributed by atoms with Crippen LogP contribution in [0.4, 0.5) is 0 Å². The van der Waals surface area contributed by atoms with Gasteiger partial charge >= 0.3 is 0 Å². The first-order valence-electron chi connectivity index (χ1n) is 9.13. The van der Waals surface area contributed by atoms with Crippen molar-refractivity contribution in [3.8, 4) is 0 Å². The number of benzene rings is 2. The van der Waals surface area contributed by atoms with Gasteiger partial charge in [0.05, 0.1) is 12.2 Å². The Morgan fingerprint density at radius 1 is 1.00 bits per heavy atom. The van der Waals surface area contributed by atoms with E-state index < -0.39 is 0 Å². The van der Waals surface area contributed by atoms with Gasteiger partial charge in [0.1, 0.15) is 0 Å². The molecule has 1 saturated carbocycles. The van der Waals surface area contributed by atoms with E-state index in [1.54, 1.807) is 0 Å². The number of rotatable bonds is 5. The molecule has 4 rings (SSSR count). The lowest BCUT2D eigenvalue weighted by Gasteiger charge is -2.19. The van der Waals surface area contributed by atoms with E-state index in [1.807, 2.05) is 19.3 Å². The lowest BCUT2D eigenvalue weighted by atomic mass is 9.96. The second-order valence-corrected chi connectivity index (χ2v) is 6.90. The third kappa shape index (κ3) is 4.40. The molecule has 2 aromatic carbocycles. The number of aromatic nitrogens is 1. The average molecular weight is 472 g/mol. The molecule has 1 aliphatic rings. The van der Waals surface area contributed by atoms with E-state index in [2.05, 4.69) is 75.2 Å². The number of halogens is 1. The number of hydrogen-bond donors (Lipinski definition) is 2. The molecule has 0 saturated heterocycles. The Kier molecular flexibility index (Phi) is 6.31. The SMILES string of the molecule is CN=C(NCc1nccc2ccccc12)NCC1(c2ccccc2)CC1.I. The maximum absolute atomic E-state index is 4.54. The summed E-state index contributed by atoms with van der Waals surface area (Å²) in [5, 5.41) is 9.30. The van der Waals surface area contributed by atoms with Crippen LogP contribution >= 0.6 is 24.0 Å². The normalized spacial score (nSPS) is 15.1. The van der Waals surface area contributed by atoms with Crippen LogP contribution in [0.15, 0.2) is 71.9 Å². The summed E-state index contributed by atoms with van der Waals surface area (Å²) in [6.07, 6.45) is 4.32. The van der Waals surface area contributed by atoms with E-state index >= 15 is 0 Å². The molecule has 0 radical (unpaired) electrons. The quantitative estimate of drug-likeness (QED) is 0.332. The average Bonchev–Trinajstić information content (AvgIpc) is 3.50. The molecule has 3 aromatic rings. The largest absolute Gasteiger partial charge is 0.356 e. The number of nitrogens with one attached hydrogen (secondary N) is 2. The van der Waals surface area contributed by atoms with E-state index in [4.69, 9.17) is 0 Å². The van der Waals surface area contributed by atoms with Gasteiger partial charge in [0.25, 0.3) is 0 Å². The molecule has 1 heterocycles. The summed E-state index contributed by atoms with van der Waals surface area (Å²) in [6, 6.07) is 21.1. The smallest absolute Gasteiger partial charge is 0.191 e. The summed E-state index contributed by atoms with van der Waals surface area (Å²) >= 11 is 0. The second-order valence-electron chi connectivity index (χ2n) is 6.90. The molecule has 0 bridgehead atoms. The molecular formula is C22H25IN4. The van der Waals surface area contributed by atoms with Crippen LogP contribution in [0.25, 0.3) is 10.8 Å². The minimum absolute atomic E-state index is 0. The van der Waals surface area contributed by atoms with Gasteiger partial charge in [-0.05, 0) is 29.9 Å². The van der Waals surface area contributed by atoms with Crippen LogP contribution in [-0.4, -0.2) is 24.5 Å². The van der Waals surface area contributed by atoms with Crippen molar-refractivity contribution in [3.63, 3.8) is 0 Å². The third-order valence-corrected chi connectivity index (χ3v) is 5.24. The van der Waals surface area contributed by atoms with Crippen molar-refractivity contribution in [1.82, 2.24) is 15.6 Å². The minimum Gasteiger partial charge on any atom is -0.356 e. The van der Waals surface area contributed by atoms with Gasteiger partial charge < -0.3 is 10.6 Å². The lowest BCUT2D eigenvalue weighted by molar-refractivity contribution is 0.645. The van der Waals surface area contributed by atoms with Crippen LogP contribution in [-0.2, 0) is 12.0 Å². The predicted molar refractivity (Wildman–Crippen MR) is 123 cm³/mol. The zero-order valence-electron chi connectivity index (χ0n) is 15.5. The van der Waals surface area contributed by atoms with Gasteiger partial charge in [-0.3, -0.25) is 9.98 Å². The zero-order chi connectivity index (χ0) is 17.8. The second kappa shape index (κ2) is 8.69. The summed E-state index contributed by atoms with van der Waals surface area (Å²) in [5.74, 6) is 0.821. The maximum Gasteiger partial charge on any atom is 0.191 e. The molecule has 0 amide bonds. The molecular weight excluding hydrogens is 447 g/mol. The van der Waals surface area contributed by atoms with E-state index in [1.165, 1.54) is 29.2 Å². The number of nitrogens with zero attached hydrogens (tertiary/aromatic N) is 2. The minimum atomic E-state index is 0. The summed E-state index contributed by atoms with van der Waals surface area (Å²) < 4.78 is 0. The highest BCUT2D eigenvalue weighted by atomic mass is 127. The van der Waals surface area contributed by atoms with Crippen molar-refractivity contribution < 1.29 is 0 Å². The fourth-order valence-corrected chi connectivity index (χ4v) is 3.47. The number of aliphatic imine (C=N–C) groups is 1. The predicted octanol–water partition coefficient (Wildman–Crippen LogP) is 4.25. The molecule has 0 spiro atoms. The van der Waals surface area contributed by atoms with Crippen LogP contribution < -0.4 is 10.6 Å². The molecule has 2 N–H and O–H groups in total. The van der Waals surface area contributed by atoms with Gasteiger partial charge in [0, 0.05) is 30.6 Å². The Bertz CT molecular complexity index is 915. The lowest BCUT2D eigenvalue weighted by Crippen LogP contribution is -2.41. The van der Waals surface area contributed by atoms with Gasteiger partial charge in [-0.15, -0.1) is 24.0 Å². The Morgan fingerprint density at radius 2 is 1.74 bits per heavy atom. The highest BCUT2D eigenvalue weighted by Gasteiger charge is 2.43. The van der Waals surface area contributed by atoms with Gasteiger partial charge in [-0.1, -0.05) is 54.6 Å². The number of guanidine groups is 1. The number of pyridine rings is 1. The van der Waals surface area contributed by atoms with E-state index in [9.17, 15) is 0 Å². The van der Waals surface area contributed by atoms with E-state index in [0.29, 0.717) is 6.54 Å². The Hall–Kier alpha value is -2.15. The highest BCUT2D eigenvalue weighted by molar-refractivity contribution is 14.0. The van der Waals surface area contributed by atoms with Crippen molar-refractivity contribution in [3.05, 3.63) is 78.1 Å². The monoisotopic (exact) mass is 472 g/mol. The molecule has 0 unspecified atom stereocenters. The van der Waals surface area contributed by atoms with Crippen LogP contribution in [0.2, 0.25) is 0 Å². The first kappa shape index (κ1) is 19.6. The van der Waals surface area contributed by atoms with Gasteiger partial charge in [-0.2, -0.15) is 0 Å². The fourth-order valence-electron chi connectivity index (χ4n) is 3.47. The molecule has 1 aromatic heterocycles. The van der Waals surface area contributed by atoms with Crippen molar-refractivity contribution in [2.24, 2.45) is 4.99 Å². The summed E-state index contributed by atoms with van der Waals surface area (Å²) in [5.41, 5.74) is 2.71. The first-order valence-corrected chi connectivity index (χ1v) is 9.13. The molecule has 0 atom stereocenters. The Morgan fingerprint density at radius 3 is 2.48 bits per heavy atom. The van der Waals surface area contributed by atoms with E-state index in [0.717, 1.165) is 18.2 Å². The van der Waals surface area contributed by atoms with Crippen LogP contribution in [0.3, 0.4) is 0 Å². The Labute approximate surface area is 177 Å². The topological polar surface area (TPSA) is 49.3 Å². The van der Waals surface area contributed by atoms with Crippen LogP contribution in [0.1, 0.15) is 24.1 Å². The molecule has 1 fully saturated rings. The molecule has 0 aliphatic heterocycles. The highest BCUT2D eigenvalue weighted by Crippen LogP contribution is 2.47. The zero-order valence-corrected chi connectivity index (χ0v) is 17.8. The first-order chi connectivity index (χ1) is 12.8. The molecule has 140 valence electrons. The molecule has 1 aliphatic carbocycles. The fraction of sp³-hybridized carbons (Fsp3) is 0.273. The van der Waals surface area contributed by atoms with E-state index in [-0.39, 0.29) is 29.4 Å². The van der Waals surface area contributed by atoms with Gasteiger partial charge in [0.2, 0.25) is 0 Å². The number of fused-ring (bicyclic) bond motifs is 1. The molecule has 4 nitrogen and oxygen atoms in total. The summed E-state index contributed by atoms with van der Waals surface area (Å²) in [4.78, 5) is 8.91. The van der Waals surface area contributed by atoms with Crippen molar-refractivity contribution in [2.45, 2.75) is 24.8 Å². The number of hydrogen-bond acceptors (Lipinski definition) is 2. The van der Waals surface area contributed by atoms with Gasteiger partial charge in [-0.25, -0.2) is 0 Å². The summed E-state index contributed by atoms with van der Waals surface area (Å²) in [7, 11) is 1.81. The molecule has 5 heteroatoms. The maximum atomic E-state index is 4.54. The van der Waals surface area contributed by atoms with Crippen LogP contribution in [0.5, 0.6) is 0 Å². The Balaban J connectivity index is 0.00000210. The molecule has 27 heavy (non-hydrogen) atoms. The van der Waals surface area contributed by atoms with Crippen molar-refractivity contribution in [2.75, 3.05) is 13.6 Å². The van der Waals surface area contributed by atoms with Gasteiger partial charge in [0.15, 0.2) is 5.96 Å². The third-order valence-electron chi connectivity index (χ3n) is 5.24. The van der Waals surface area contributed by atoms with Crippen LogP contribution in [0, 0.1) is 0 Å². The van der Waals surface area contributed by atoms with Crippen molar-refractivity contribution >= 4 is 40.7 Å². The standard InChI is InChI=1S/C22H24N4.HI/c1-23-21(26-16-22(12-13-22)18-8-3-2-4-9-18)25-15-20-19-10-6-5-7-17(19)11-14-24-20;/h2-11,14H,12-13,15-16H2,1H3,(H2,23,25,26);1H. The van der Waals surface area contributed by atoms with Crippen molar-refractivity contribution in [1.29, 1.82) is 0 Å².